The third-order valence-corrected chi connectivity index (χ3v) is 3.23. The van der Waals surface area contributed by atoms with Crippen molar-refractivity contribution in [2.24, 2.45) is 0 Å². The van der Waals surface area contributed by atoms with Gasteiger partial charge in [0.2, 0.25) is 0 Å². The predicted octanol–water partition coefficient (Wildman–Crippen LogP) is 5.41. The molecule has 0 amide bonds. The van der Waals surface area contributed by atoms with Crippen molar-refractivity contribution < 1.29 is 17.9 Å². The number of alkyl halides is 3. The van der Waals surface area contributed by atoms with Crippen molar-refractivity contribution in [3.8, 4) is 5.75 Å². The molecule has 0 radical (unpaired) electrons. The van der Waals surface area contributed by atoms with Crippen molar-refractivity contribution >= 4 is 0 Å². The van der Waals surface area contributed by atoms with E-state index >= 15 is 0 Å². The second-order valence-corrected chi connectivity index (χ2v) is 5.21. The van der Waals surface area contributed by atoms with Gasteiger partial charge in [0.15, 0.2) is 0 Å². The molecule has 0 N–H and O–H groups in total. The van der Waals surface area contributed by atoms with Crippen LogP contribution in [0.25, 0.3) is 0 Å². The van der Waals surface area contributed by atoms with Gasteiger partial charge < -0.3 is 4.74 Å². The zero-order valence-corrected chi connectivity index (χ0v) is 11.9. The summed E-state index contributed by atoms with van der Waals surface area (Å²) in [5, 5.41) is 0. The Bertz CT molecular complexity index is 568. The van der Waals surface area contributed by atoms with E-state index in [4.69, 9.17) is 4.74 Å². The second-order valence-electron chi connectivity index (χ2n) is 5.21. The van der Waals surface area contributed by atoms with E-state index in [1.807, 2.05) is 24.3 Å². The van der Waals surface area contributed by atoms with E-state index in [1.54, 1.807) is 0 Å². The number of rotatable bonds is 4. The van der Waals surface area contributed by atoms with Gasteiger partial charge in [-0.3, -0.25) is 0 Å². The van der Waals surface area contributed by atoms with E-state index < -0.39 is 11.7 Å². The fraction of sp³-hybridized carbons (Fsp3) is 0.294. The lowest BCUT2D eigenvalue weighted by molar-refractivity contribution is -0.137. The first-order valence-corrected chi connectivity index (χ1v) is 6.75. The van der Waals surface area contributed by atoms with Gasteiger partial charge in [-0.15, -0.1) is 0 Å². The molecule has 0 spiro atoms. The van der Waals surface area contributed by atoms with Crippen LogP contribution in [0.5, 0.6) is 5.75 Å². The van der Waals surface area contributed by atoms with Gasteiger partial charge in [0.05, 0.1) is 5.56 Å². The van der Waals surface area contributed by atoms with E-state index in [0.717, 1.165) is 12.1 Å². The Morgan fingerprint density at radius 1 is 0.905 bits per heavy atom. The first kappa shape index (κ1) is 15.4. The van der Waals surface area contributed by atoms with Gasteiger partial charge in [-0.05, 0) is 41.3 Å². The van der Waals surface area contributed by atoms with E-state index in [-0.39, 0.29) is 6.61 Å². The Hall–Kier alpha value is -1.97. The Balaban J connectivity index is 1.96. The van der Waals surface area contributed by atoms with Crippen LogP contribution in [-0.4, -0.2) is 0 Å². The molecule has 0 saturated carbocycles. The quantitative estimate of drug-likeness (QED) is 0.732. The third-order valence-electron chi connectivity index (χ3n) is 3.23. The van der Waals surface area contributed by atoms with Crippen molar-refractivity contribution in [2.75, 3.05) is 0 Å². The van der Waals surface area contributed by atoms with Crippen molar-refractivity contribution in [1.29, 1.82) is 0 Å². The van der Waals surface area contributed by atoms with E-state index in [0.29, 0.717) is 17.2 Å². The van der Waals surface area contributed by atoms with Crippen LogP contribution in [0.15, 0.2) is 48.5 Å². The maximum atomic E-state index is 12.4. The molecule has 0 unspecified atom stereocenters. The highest BCUT2D eigenvalue weighted by molar-refractivity contribution is 5.30. The van der Waals surface area contributed by atoms with Crippen LogP contribution in [0, 0.1) is 0 Å². The molecule has 2 aromatic rings. The SMILES string of the molecule is CC(C)c1ccc(OCc2ccc(C(F)(F)F)cc2)cc1. The first-order valence-electron chi connectivity index (χ1n) is 6.75. The predicted molar refractivity (Wildman–Crippen MR) is 76.3 cm³/mol. The maximum absolute atomic E-state index is 12.4. The van der Waals surface area contributed by atoms with Crippen LogP contribution >= 0.6 is 0 Å². The van der Waals surface area contributed by atoms with Gasteiger partial charge in [0.25, 0.3) is 0 Å². The molecule has 0 aliphatic rings. The second kappa shape index (κ2) is 6.20. The Morgan fingerprint density at radius 2 is 1.48 bits per heavy atom. The molecule has 2 rings (SSSR count). The van der Waals surface area contributed by atoms with Gasteiger partial charge in [-0.25, -0.2) is 0 Å². The first-order chi connectivity index (χ1) is 9.86. The van der Waals surface area contributed by atoms with Crippen LogP contribution in [0.2, 0.25) is 0 Å². The van der Waals surface area contributed by atoms with Crippen LogP contribution in [0.4, 0.5) is 13.2 Å². The van der Waals surface area contributed by atoms with Crippen molar-refractivity contribution in [1.82, 2.24) is 0 Å². The molecule has 0 fully saturated rings. The fourth-order valence-corrected chi connectivity index (χ4v) is 1.91. The van der Waals surface area contributed by atoms with Crippen LogP contribution in [0.1, 0.15) is 36.5 Å². The molecule has 0 aromatic heterocycles. The third kappa shape index (κ3) is 4.25. The molecular weight excluding hydrogens is 277 g/mol. The summed E-state index contributed by atoms with van der Waals surface area (Å²) in [6, 6.07) is 12.7. The Labute approximate surface area is 122 Å². The van der Waals surface area contributed by atoms with Crippen molar-refractivity contribution in [2.45, 2.75) is 32.5 Å². The molecule has 0 bridgehead atoms. The maximum Gasteiger partial charge on any atom is 0.416 e. The lowest BCUT2D eigenvalue weighted by atomic mass is 10.0. The highest BCUT2D eigenvalue weighted by Crippen LogP contribution is 2.29. The fourth-order valence-electron chi connectivity index (χ4n) is 1.91. The average Bonchev–Trinajstić information content (AvgIpc) is 2.45. The molecule has 112 valence electrons. The number of ether oxygens (including phenoxy) is 1. The van der Waals surface area contributed by atoms with Gasteiger partial charge >= 0.3 is 6.18 Å². The summed E-state index contributed by atoms with van der Waals surface area (Å²) >= 11 is 0. The highest BCUT2D eigenvalue weighted by atomic mass is 19.4. The Morgan fingerprint density at radius 3 is 1.95 bits per heavy atom. The number of halogens is 3. The topological polar surface area (TPSA) is 9.23 Å². The largest absolute Gasteiger partial charge is 0.489 e. The van der Waals surface area contributed by atoms with Gasteiger partial charge in [-0.1, -0.05) is 38.1 Å². The summed E-state index contributed by atoms with van der Waals surface area (Å²) in [4.78, 5) is 0. The molecule has 0 heterocycles. The lowest BCUT2D eigenvalue weighted by Crippen LogP contribution is -2.05. The van der Waals surface area contributed by atoms with Gasteiger partial charge in [0.1, 0.15) is 12.4 Å². The number of hydrogen-bond acceptors (Lipinski definition) is 1. The summed E-state index contributed by atoms with van der Waals surface area (Å²) in [5.41, 5.74) is 1.28. The molecule has 0 aliphatic heterocycles. The van der Waals surface area contributed by atoms with E-state index in [9.17, 15) is 13.2 Å². The van der Waals surface area contributed by atoms with Crippen LogP contribution in [0.3, 0.4) is 0 Å². The molecule has 21 heavy (non-hydrogen) atoms. The van der Waals surface area contributed by atoms with E-state index in [1.165, 1.54) is 17.7 Å². The molecule has 4 heteroatoms. The summed E-state index contributed by atoms with van der Waals surface area (Å²) in [6.07, 6.45) is -4.30. The molecule has 1 nitrogen and oxygen atoms in total. The van der Waals surface area contributed by atoms with Gasteiger partial charge in [-0.2, -0.15) is 13.2 Å². The molecule has 0 atom stereocenters. The van der Waals surface area contributed by atoms with Crippen LogP contribution < -0.4 is 4.74 Å². The standard InChI is InChI=1S/C17H17F3O/c1-12(2)14-5-9-16(10-6-14)21-11-13-3-7-15(8-4-13)17(18,19)20/h3-10,12H,11H2,1-2H3. The number of benzene rings is 2. The molecular formula is C17H17F3O. The summed E-state index contributed by atoms with van der Waals surface area (Å²) < 4.78 is 42.9. The highest BCUT2D eigenvalue weighted by Gasteiger charge is 2.29. The minimum atomic E-state index is -4.30. The Kier molecular flexibility index (Phi) is 4.56. The summed E-state index contributed by atoms with van der Waals surface area (Å²) in [5.74, 6) is 1.16. The molecule has 0 saturated heterocycles. The lowest BCUT2D eigenvalue weighted by Gasteiger charge is -2.10. The average molecular weight is 294 g/mol. The molecule has 2 aromatic carbocycles. The zero-order valence-electron chi connectivity index (χ0n) is 11.9. The van der Waals surface area contributed by atoms with Crippen molar-refractivity contribution in [3.63, 3.8) is 0 Å². The van der Waals surface area contributed by atoms with E-state index in [2.05, 4.69) is 13.8 Å². The normalized spacial score (nSPS) is 11.7. The van der Waals surface area contributed by atoms with Crippen LogP contribution in [-0.2, 0) is 12.8 Å². The summed E-state index contributed by atoms with van der Waals surface area (Å²) in [7, 11) is 0. The minimum Gasteiger partial charge on any atom is -0.489 e. The molecule has 0 aliphatic carbocycles. The number of hydrogen-bond donors (Lipinski definition) is 0. The zero-order chi connectivity index (χ0) is 15.5. The van der Waals surface area contributed by atoms with Gasteiger partial charge in [0, 0.05) is 0 Å². The minimum absolute atomic E-state index is 0.249. The summed E-state index contributed by atoms with van der Waals surface area (Å²) in [6.45, 7) is 4.47. The smallest absolute Gasteiger partial charge is 0.416 e. The van der Waals surface area contributed by atoms with Crippen molar-refractivity contribution in [3.05, 3.63) is 65.2 Å². The monoisotopic (exact) mass is 294 g/mol.